The molecule has 0 saturated carbocycles. The molecule has 6 heteroatoms. The highest BCUT2D eigenvalue weighted by molar-refractivity contribution is 7.99. The van der Waals surface area contributed by atoms with Crippen molar-refractivity contribution in [1.82, 2.24) is 9.97 Å². The van der Waals surface area contributed by atoms with E-state index in [0.29, 0.717) is 21.8 Å². The highest BCUT2D eigenvalue weighted by Crippen LogP contribution is 2.26. The zero-order valence-corrected chi connectivity index (χ0v) is 9.74. The van der Waals surface area contributed by atoms with E-state index < -0.39 is 0 Å². The molecule has 14 heavy (non-hydrogen) atoms. The molecule has 0 aliphatic rings. The summed E-state index contributed by atoms with van der Waals surface area (Å²) >= 11 is 7.40. The molecule has 1 aromatic heterocycles. The van der Waals surface area contributed by atoms with Crippen molar-refractivity contribution in [2.45, 2.75) is 19.0 Å². The predicted molar refractivity (Wildman–Crippen MR) is 62.0 cm³/mol. The van der Waals surface area contributed by atoms with Gasteiger partial charge in [-0.15, -0.1) is 0 Å². The summed E-state index contributed by atoms with van der Waals surface area (Å²) in [4.78, 5) is 8.30. The van der Waals surface area contributed by atoms with Gasteiger partial charge in [-0.3, -0.25) is 0 Å². The first-order valence-electron chi connectivity index (χ1n) is 4.38. The Morgan fingerprint density at radius 2 is 2.14 bits per heavy atom. The maximum atomic E-state index is 5.86. The van der Waals surface area contributed by atoms with E-state index >= 15 is 0 Å². The minimum absolute atomic E-state index is 0.312. The molecular formula is C8H13ClN4S. The van der Waals surface area contributed by atoms with E-state index in [0.717, 1.165) is 12.3 Å². The number of thioether (sulfide) groups is 1. The van der Waals surface area contributed by atoms with Crippen LogP contribution in [0.5, 0.6) is 0 Å². The van der Waals surface area contributed by atoms with Gasteiger partial charge in [-0.1, -0.05) is 30.3 Å². The smallest absolute Gasteiger partial charge is 0.191 e. The first-order chi connectivity index (χ1) is 6.69. The second-order valence-electron chi connectivity index (χ2n) is 2.52. The third-order valence-corrected chi connectivity index (χ3v) is 2.51. The number of rotatable bonds is 4. The minimum atomic E-state index is 0.312. The number of hydrogen-bond donors (Lipinski definition) is 2. The lowest BCUT2D eigenvalue weighted by atomic mass is 10.5. The second-order valence-corrected chi connectivity index (χ2v) is 4.11. The maximum absolute atomic E-state index is 5.86. The molecule has 0 bridgehead atoms. The lowest BCUT2D eigenvalue weighted by Gasteiger charge is -2.08. The molecule has 1 aromatic rings. The lowest BCUT2D eigenvalue weighted by Crippen LogP contribution is -2.06. The van der Waals surface area contributed by atoms with Crippen molar-refractivity contribution in [2.24, 2.45) is 0 Å². The van der Waals surface area contributed by atoms with Crippen LogP contribution in [0, 0.1) is 0 Å². The summed E-state index contributed by atoms with van der Waals surface area (Å²) in [5, 5.41) is 4.01. The van der Waals surface area contributed by atoms with Gasteiger partial charge in [0.2, 0.25) is 0 Å². The number of halogens is 1. The van der Waals surface area contributed by atoms with E-state index in [1.807, 2.05) is 13.8 Å². The van der Waals surface area contributed by atoms with Crippen molar-refractivity contribution in [1.29, 1.82) is 0 Å². The monoisotopic (exact) mass is 232 g/mol. The van der Waals surface area contributed by atoms with Crippen LogP contribution in [-0.4, -0.2) is 22.3 Å². The van der Waals surface area contributed by atoms with Crippen LogP contribution < -0.4 is 11.1 Å². The zero-order chi connectivity index (χ0) is 10.6. The van der Waals surface area contributed by atoms with Gasteiger partial charge in [0.25, 0.3) is 0 Å². The van der Waals surface area contributed by atoms with Crippen LogP contribution in [0.1, 0.15) is 13.8 Å². The Bertz CT molecular complexity index is 318. The lowest BCUT2D eigenvalue weighted by molar-refractivity contribution is 0.964. The molecule has 0 aliphatic carbocycles. The molecule has 0 saturated heterocycles. The molecule has 3 N–H and O–H groups in total. The van der Waals surface area contributed by atoms with Crippen molar-refractivity contribution in [3.63, 3.8) is 0 Å². The Morgan fingerprint density at radius 3 is 2.71 bits per heavy atom. The normalized spacial score (nSPS) is 10.2. The summed E-state index contributed by atoms with van der Waals surface area (Å²) in [6.07, 6.45) is 0. The number of nitrogens with one attached hydrogen (secondary N) is 1. The number of aromatic nitrogens is 2. The maximum Gasteiger partial charge on any atom is 0.191 e. The molecule has 0 amide bonds. The van der Waals surface area contributed by atoms with Crippen LogP contribution in [0.15, 0.2) is 5.16 Å². The summed E-state index contributed by atoms with van der Waals surface area (Å²) in [6, 6.07) is 0. The molecule has 0 radical (unpaired) electrons. The number of nitrogens with zero attached hydrogens (tertiary/aromatic N) is 2. The molecule has 0 fully saturated rings. The van der Waals surface area contributed by atoms with Gasteiger partial charge in [-0.25, -0.2) is 9.97 Å². The Labute approximate surface area is 92.6 Å². The van der Waals surface area contributed by atoms with E-state index in [9.17, 15) is 0 Å². The highest BCUT2D eigenvalue weighted by Gasteiger charge is 2.08. The zero-order valence-electron chi connectivity index (χ0n) is 8.17. The van der Waals surface area contributed by atoms with Crippen molar-refractivity contribution in [2.75, 3.05) is 23.3 Å². The fourth-order valence-electron chi connectivity index (χ4n) is 0.919. The first kappa shape index (κ1) is 11.4. The summed E-state index contributed by atoms with van der Waals surface area (Å²) in [7, 11) is 0. The van der Waals surface area contributed by atoms with E-state index in [4.69, 9.17) is 17.3 Å². The number of anilines is 2. The molecule has 0 atom stereocenters. The fraction of sp³-hybridized carbons (Fsp3) is 0.500. The SMILES string of the molecule is CCNc1nc(SCC)nc(Cl)c1N. The Hall–Kier alpha value is -0.680. The third kappa shape index (κ3) is 2.65. The summed E-state index contributed by atoms with van der Waals surface area (Å²) in [5.41, 5.74) is 6.12. The highest BCUT2D eigenvalue weighted by atomic mass is 35.5. The Morgan fingerprint density at radius 1 is 1.43 bits per heavy atom. The molecule has 4 nitrogen and oxygen atoms in total. The average molecular weight is 233 g/mol. The van der Waals surface area contributed by atoms with Gasteiger partial charge < -0.3 is 11.1 Å². The van der Waals surface area contributed by atoms with Crippen molar-refractivity contribution >= 4 is 34.9 Å². The van der Waals surface area contributed by atoms with Gasteiger partial charge in [0.05, 0.1) is 0 Å². The largest absolute Gasteiger partial charge is 0.393 e. The summed E-state index contributed by atoms with van der Waals surface area (Å²) in [5.74, 6) is 1.52. The molecule has 78 valence electrons. The minimum Gasteiger partial charge on any atom is -0.393 e. The predicted octanol–water partition coefficient (Wildman–Crippen LogP) is 2.26. The van der Waals surface area contributed by atoms with Gasteiger partial charge in [0.15, 0.2) is 16.1 Å². The van der Waals surface area contributed by atoms with Crippen LogP contribution >= 0.6 is 23.4 Å². The van der Waals surface area contributed by atoms with Gasteiger partial charge in [-0.05, 0) is 12.7 Å². The van der Waals surface area contributed by atoms with Gasteiger partial charge >= 0.3 is 0 Å². The topological polar surface area (TPSA) is 63.8 Å². The molecule has 1 heterocycles. The van der Waals surface area contributed by atoms with Crippen LogP contribution in [0.2, 0.25) is 5.15 Å². The number of nitrogen functional groups attached to an aromatic ring is 1. The molecule has 0 aromatic carbocycles. The first-order valence-corrected chi connectivity index (χ1v) is 5.75. The number of hydrogen-bond acceptors (Lipinski definition) is 5. The average Bonchev–Trinajstić information content (AvgIpc) is 2.14. The van der Waals surface area contributed by atoms with Crippen LogP contribution in [0.3, 0.4) is 0 Å². The van der Waals surface area contributed by atoms with E-state index in [-0.39, 0.29) is 0 Å². The van der Waals surface area contributed by atoms with Crippen LogP contribution in [-0.2, 0) is 0 Å². The quantitative estimate of drug-likeness (QED) is 0.474. The van der Waals surface area contributed by atoms with Gasteiger partial charge in [0, 0.05) is 6.54 Å². The molecular weight excluding hydrogens is 220 g/mol. The summed E-state index contributed by atoms with van der Waals surface area (Å²) in [6.45, 7) is 4.76. The van der Waals surface area contributed by atoms with Crippen molar-refractivity contribution in [3.05, 3.63) is 5.15 Å². The van der Waals surface area contributed by atoms with Gasteiger partial charge in [0.1, 0.15) is 5.69 Å². The molecule has 0 spiro atoms. The van der Waals surface area contributed by atoms with E-state index in [1.54, 1.807) is 0 Å². The summed E-state index contributed by atoms with van der Waals surface area (Å²) < 4.78 is 0. The fourth-order valence-corrected chi connectivity index (χ4v) is 1.71. The standard InChI is InChI=1S/C8H13ClN4S/c1-3-11-7-5(10)6(9)12-8(13-7)14-4-2/h3-4,10H2,1-2H3,(H,11,12,13). The molecule has 0 aliphatic heterocycles. The van der Waals surface area contributed by atoms with E-state index in [1.165, 1.54) is 11.8 Å². The Kier molecular flexibility index (Phi) is 4.28. The second kappa shape index (κ2) is 5.26. The van der Waals surface area contributed by atoms with E-state index in [2.05, 4.69) is 15.3 Å². The van der Waals surface area contributed by atoms with Gasteiger partial charge in [-0.2, -0.15) is 0 Å². The van der Waals surface area contributed by atoms with Crippen LogP contribution in [0.4, 0.5) is 11.5 Å². The molecule has 0 unspecified atom stereocenters. The van der Waals surface area contributed by atoms with Crippen molar-refractivity contribution in [3.8, 4) is 0 Å². The third-order valence-electron chi connectivity index (χ3n) is 1.50. The number of nitrogens with two attached hydrogens (primary N) is 1. The molecule has 1 rings (SSSR count). The Balaban J connectivity index is 3.01. The van der Waals surface area contributed by atoms with Crippen molar-refractivity contribution < 1.29 is 0 Å². The van der Waals surface area contributed by atoms with Crippen LogP contribution in [0.25, 0.3) is 0 Å².